The lowest BCUT2D eigenvalue weighted by atomic mass is 9.81. The summed E-state index contributed by atoms with van der Waals surface area (Å²) in [7, 11) is 0. The summed E-state index contributed by atoms with van der Waals surface area (Å²) in [6.07, 6.45) is 1.91. The summed E-state index contributed by atoms with van der Waals surface area (Å²) < 4.78 is 0. The van der Waals surface area contributed by atoms with Crippen LogP contribution in [0.4, 0.5) is 0 Å². The zero-order valence-corrected chi connectivity index (χ0v) is 13.6. The van der Waals surface area contributed by atoms with E-state index in [1.54, 1.807) is 0 Å². The lowest BCUT2D eigenvalue weighted by Gasteiger charge is -2.25. The van der Waals surface area contributed by atoms with Gasteiger partial charge in [0.25, 0.3) is 0 Å². The number of hydrogen-bond donors (Lipinski definition) is 0. The number of benzene rings is 2. The van der Waals surface area contributed by atoms with Gasteiger partial charge in [0.05, 0.1) is 11.4 Å². The van der Waals surface area contributed by atoms with E-state index in [1.165, 1.54) is 44.5 Å². The summed E-state index contributed by atoms with van der Waals surface area (Å²) in [5.41, 5.74) is 13.0. The number of rotatable bonds is 1. The molecule has 2 nitrogen and oxygen atoms in total. The highest BCUT2D eigenvalue weighted by Gasteiger charge is 2.26. The van der Waals surface area contributed by atoms with Gasteiger partial charge in [0.1, 0.15) is 0 Å². The molecule has 4 rings (SSSR count). The smallest absolute Gasteiger partial charge is 0.0752 e. The third-order valence-corrected chi connectivity index (χ3v) is 4.71. The second kappa shape index (κ2) is 4.64. The summed E-state index contributed by atoms with van der Waals surface area (Å²) in [6.45, 7) is 8.63. The maximum atomic E-state index is 4.55. The molecule has 0 N–H and O–H groups in total. The second-order valence-electron chi connectivity index (χ2n) is 6.68. The Morgan fingerprint density at radius 1 is 0.636 bits per heavy atom. The first-order valence-corrected chi connectivity index (χ1v) is 7.87. The van der Waals surface area contributed by atoms with Gasteiger partial charge in [0, 0.05) is 24.0 Å². The Bertz CT molecular complexity index is 762. The summed E-state index contributed by atoms with van der Waals surface area (Å²) in [5, 5.41) is 9.10. The molecular formula is C20H20N2. The van der Waals surface area contributed by atoms with Gasteiger partial charge >= 0.3 is 0 Å². The van der Waals surface area contributed by atoms with Crippen molar-refractivity contribution in [1.29, 1.82) is 0 Å². The molecule has 0 aromatic heterocycles. The predicted octanol–water partition coefficient (Wildman–Crippen LogP) is 4.23. The van der Waals surface area contributed by atoms with Gasteiger partial charge in [-0.15, -0.1) is 0 Å². The first kappa shape index (κ1) is 13.4. The molecule has 110 valence electrons. The Labute approximate surface area is 131 Å². The fourth-order valence-corrected chi connectivity index (χ4v) is 3.83. The lowest BCUT2D eigenvalue weighted by Crippen LogP contribution is -2.24. The number of nitrogens with zero attached hydrogens (tertiary/aromatic N) is 2. The maximum Gasteiger partial charge on any atom is 0.0752 e. The van der Waals surface area contributed by atoms with Crippen molar-refractivity contribution in [1.82, 2.24) is 0 Å². The van der Waals surface area contributed by atoms with Gasteiger partial charge < -0.3 is 0 Å². The van der Waals surface area contributed by atoms with Gasteiger partial charge in [-0.05, 0) is 49.9 Å². The van der Waals surface area contributed by atoms with Gasteiger partial charge in [0.2, 0.25) is 0 Å². The fraction of sp³-hybridized carbons (Fsp3) is 0.300. The second-order valence-corrected chi connectivity index (χ2v) is 6.68. The van der Waals surface area contributed by atoms with Crippen molar-refractivity contribution in [3.8, 4) is 0 Å². The summed E-state index contributed by atoms with van der Waals surface area (Å²) in [4.78, 5) is 0. The predicted molar refractivity (Wildman–Crippen MR) is 92.3 cm³/mol. The minimum atomic E-state index is 0.953. The zero-order chi connectivity index (χ0) is 15.4. The third kappa shape index (κ3) is 1.94. The standard InChI is InChI=1S/C20H20N2/c1-11-5-13(3)19-15(7-11)9-17(19)21-22-18-10-16-8-12(2)6-14(4)20(16)18/h5-8H,9-10H2,1-4H3/b21-17+,22-18+. The van der Waals surface area contributed by atoms with Crippen molar-refractivity contribution < 1.29 is 0 Å². The average molecular weight is 288 g/mol. The SMILES string of the molecule is Cc1cc(C)c2c(c1)C/C2=N\N=C1/Cc2cc(C)cc(C)c21. The zero-order valence-electron chi connectivity index (χ0n) is 13.6. The molecule has 0 aliphatic heterocycles. The van der Waals surface area contributed by atoms with E-state index in [2.05, 4.69) is 62.2 Å². The molecule has 2 aromatic carbocycles. The van der Waals surface area contributed by atoms with Crippen LogP contribution in [-0.2, 0) is 12.8 Å². The van der Waals surface area contributed by atoms with E-state index in [1.807, 2.05) is 0 Å². The quantitative estimate of drug-likeness (QED) is 0.702. The molecule has 2 heteroatoms. The van der Waals surface area contributed by atoms with Crippen LogP contribution in [0.15, 0.2) is 34.5 Å². The van der Waals surface area contributed by atoms with Gasteiger partial charge in [-0.25, -0.2) is 0 Å². The van der Waals surface area contributed by atoms with E-state index in [4.69, 9.17) is 0 Å². The molecule has 2 aliphatic carbocycles. The average Bonchev–Trinajstić information content (AvgIpc) is 2.35. The normalized spacial score (nSPS) is 18.7. The van der Waals surface area contributed by atoms with E-state index in [-0.39, 0.29) is 0 Å². The Kier molecular flexibility index (Phi) is 2.83. The summed E-state index contributed by atoms with van der Waals surface area (Å²) in [6, 6.07) is 8.98. The van der Waals surface area contributed by atoms with Crippen LogP contribution < -0.4 is 0 Å². The van der Waals surface area contributed by atoms with Crippen LogP contribution in [0.2, 0.25) is 0 Å². The maximum absolute atomic E-state index is 4.55. The van der Waals surface area contributed by atoms with Crippen molar-refractivity contribution in [2.75, 3.05) is 0 Å². The Morgan fingerprint density at radius 2 is 1.05 bits per heavy atom. The van der Waals surface area contributed by atoms with Crippen LogP contribution in [0.1, 0.15) is 44.5 Å². The minimum absolute atomic E-state index is 0.953. The van der Waals surface area contributed by atoms with Crippen molar-refractivity contribution in [2.45, 2.75) is 40.5 Å². The van der Waals surface area contributed by atoms with E-state index < -0.39 is 0 Å². The molecule has 2 aliphatic rings. The molecule has 0 amide bonds. The molecule has 0 bridgehead atoms. The molecule has 0 spiro atoms. The van der Waals surface area contributed by atoms with Crippen LogP contribution >= 0.6 is 0 Å². The summed E-state index contributed by atoms with van der Waals surface area (Å²) >= 11 is 0. The molecule has 0 unspecified atom stereocenters. The molecule has 0 fully saturated rings. The Hall–Kier alpha value is -2.22. The van der Waals surface area contributed by atoms with Crippen LogP contribution in [0.3, 0.4) is 0 Å². The van der Waals surface area contributed by atoms with Gasteiger partial charge in [-0.1, -0.05) is 35.4 Å². The first-order chi connectivity index (χ1) is 10.5. The van der Waals surface area contributed by atoms with Crippen LogP contribution in [0.25, 0.3) is 0 Å². The third-order valence-electron chi connectivity index (χ3n) is 4.71. The molecule has 0 atom stereocenters. The van der Waals surface area contributed by atoms with Gasteiger partial charge in [-0.2, -0.15) is 10.2 Å². The van der Waals surface area contributed by atoms with Crippen LogP contribution in [-0.4, -0.2) is 11.4 Å². The molecule has 2 aromatic rings. The van der Waals surface area contributed by atoms with Crippen LogP contribution in [0, 0.1) is 27.7 Å². The number of hydrogen-bond acceptors (Lipinski definition) is 2. The highest BCUT2D eigenvalue weighted by atomic mass is 15.2. The monoisotopic (exact) mass is 288 g/mol. The molecular weight excluding hydrogens is 268 g/mol. The largest absolute Gasteiger partial charge is 0.154 e. The van der Waals surface area contributed by atoms with Gasteiger partial charge in [0.15, 0.2) is 0 Å². The highest BCUT2D eigenvalue weighted by molar-refractivity contribution is 6.14. The molecule has 22 heavy (non-hydrogen) atoms. The molecule has 0 radical (unpaired) electrons. The van der Waals surface area contributed by atoms with E-state index in [0.29, 0.717) is 0 Å². The van der Waals surface area contributed by atoms with E-state index in [0.717, 1.165) is 24.3 Å². The van der Waals surface area contributed by atoms with E-state index in [9.17, 15) is 0 Å². The number of fused-ring (bicyclic) bond motifs is 2. The molecule has 0 saturated carbocycles. The van der Waals surface area contributed by atoms with E-state index >= 15 is 0 Å². The number of aryl methyl sites for hydroxylation is 4. The topological polar surface area (TPSA) is 24.7 Å². The van der Waals surface area contributed by atoms with Crippen molar-refractivity contribution >= 4 is 11.4 Å². The minimum Gasteiger partial charge on any atom is -0.154 e. The Balaban J connectivity index is 1.66. The van der Waals surface area contributed by atoms with Crippen LogP contribution in [0.5, 0.6) is 0 Å². The first-order valence-electron chi connectivity index (χ1n) is 7.87. The highest BCUT2D eigenvalue weighted by Crippen LogP contribution is 2.31. The van der Waals surface area contributed by atoms with Crippen molar-refractivity contribution in [3.05, 3.63) is 68.8 Å². The fourth-order valence-electron chi connectivity index (χ4n) is 3.83. The summed E-state index contributed by atoms with van der Waals surface area (Å²) in [5.74, 6) is 0. The van der Waals surface area contributed by atoms with Crippen molar-refractivity contribution in [2.24, 2.45) is 10.2 Å². The molecule has 0 heterocycles. The van der Waals surface area contributed by atoms with Crippen molar-refractivity contribution in [3.63, 3.8) is 0 Å². The Morgan fingerprint density at radius 3 is 1.41 bits per heavy atom. The molecule has 0 saturated heterocycles. The van der Waals surface area contributed by atoms with Gasteiger partial charge in [-0.3, -0.25) is 0 Å². The lowest BCUT2D eigenvalue weighted by molar-refractivity contribution is 1.07.